The zero-order valence-corrected chi connectivity index (χ0v) is 42.9. The molecule has 21 nitrogen and oxygen atoms in total. The smallest absolute Gasteiger partial charge is 0.328 e. The number of carbonyl (C=O) groups is 8. The highest BCUT2D eigenvalue weighted by Gasteiger charge is 2.36. The number of carbonyl (C=O) groups excluding carboxylic acids is 7. The minimum atomic E-state index is -1.73. The van der Waals surface area contributed by atoms with E-state index in [1.54, 1.807) is 24.4 Å². The van der Waals surface area contributed by atoms with Gasteiger partial charge >= 0.3 is 5.97 Å². The summed E-state index contributed by atoms with van der Waals surface area (Å²) >= 11 is 12.8. The summed E-state index contributed by atoms with van der Waals surface area (Å²) in [4.78, 5) is 112. The Labute approximate surface area is 438 Å². The number of H-pyrrole nitrogens is 1. The third-order valence-corrected chi connectivity index (χ3v) is 12.8. The van der Waals surface area contributed by atoms with Gasteiger partial charge in [-0.05, 0) is 81.0 Å². The van der Waals surface area contributed by atoms with E-state index in [1.165, 1.54) is 31.2 Å². The van der Waals surface area contributed by atoms with E-state index in [0.29, 0.717) is 29.4 Å². The second-order valence-electron chi connectivity index (χ2n) is 17.4. The van der Waals surface area contributed by atoms with Crippen molar-refractivity contribution in [2.24, 2.45) is 5.73 Å². The first-order valence-electron chi connectivity index (χ1n) is 23.4. The molecule has 396 valence electrons. The van der Waals surface area contributed by atoms with Crippen molar-refractivity contribution in [1.29, 1.82) is 0 Å². The molecule has 0 bridgehead atoms. The van der Waals surface area contributed by atoms with Gasteiger partial charge in [0.2, 0.25) is 41.4 Å². The summed E-state index contributed by atoms with van der Waals surface area (Å²) in [6, 6.07) is 11.8. The number of carboxylic acids is 1. The molecule has 4 rings (SSSR count). The summed E-state index contributed by atoms with van der Waals surface area (Å²) in [5.41, 5.74) is 8.41. The standard InChI is InChI=1S/C49H65N9O12S3/c1-26(59)40(48(68)56-38(25-72)46(66)58-41(27(2)60)49(69)70)57-42(62)34(14-8-9-19-50)52-44(64)36(22-30-23-51-33-13-7-6-12-32(30)33)54-43(63)35(20-29-15-17-31(61)18-16-29)53-45(65)37(24-71)55-47(67)39(73)21-28-10-4-3-5-11-28/h3-7,10-13,15-18,23,26-27,34-41,51,59-61,71-73H,8-9,14,19-22,24-25,50H2,1-2H3,(H,52,64)(H,53,65)(H,54,63)(H,55,67)(H,56,68)(H,57,62)(H,58,66)(H,69,70)/t26-,27-,34+,35+,36-,37+,38+,39-,40+,41+/m1/s1. The van der Waals surface area contributed by atoms with Gasteiger partial charge in [0.05, 0.1) is 17.5 Å². The van der Waals surface area contributed by atoms with E-state index in [9.17, 15) is 58.8 Å². The topological polar surface area (TPSA) is 344 Å². The fourth-order valence-corrected chi connectivity index (χ4v) is 8.33. The molecule has 73 heavy (non-hydrogen) atoms. The number of fused-ring (bicyclic) bond motifs is 1. The Bertz CT molecular complexity index is 2500. The van der Waals surface area contributed by atoms with Crippen LogP contribution in [-0.2, 0) is 57.6 Å². The van der Waals surface area contributed by atoms with E-state index < -0.39 is 107 Å². The second-order valence-corrected chi connectivity index (χ2v) is 18.7. The fourth-order valence-electron chi connectivity index (χ4n) is 7.53. The van der Waals surface area contributed by atoms with Gasteiger partial charge in [-0.15, -0.1) is 0 Å². The average molecular weight is 1070 g/mol. The molecule has 0 fully saturated rings. The molecule has 10 atom stereocenters. The number of amides is 7. The molecular weight excluding hydrogens is 1000 g/mol. The van der Waals surface area contributed by atoms with Gasteiger partial charge in [-0.1, -0.05) is 60.7 Å². The van der Waals surface area contributed by atoms with Crippen molar-refractivity contribution in [2.75, 3.05) is 18.1 Å². The lowest BCUT2D eigenvalue weighted by Gasteiger charge is -2.28. The lowest BCUT2D eigenvalue weighted by Crippen LogP contribution is -2.62. The van der Waals surface area contributed by atoms with E-state index in [-0.39, 0.29) is 49.5 Å². The van der Waals surface area contributed by atoms with Crippen LogP contribution in [0.1, 0.15) is 49.8 Å². The first kappa shape index (κ1) is 59.3. The average Bonchev–Trinajstić information content (AvgIpc) is 3.77. The summed E-state index contributed by atoms with van der Waals surface area (Å²) in [6.07, 6.45) is -0.825. The monoisotopic (exact) mass is 1070 g/mol. The third kappa shape index (κ3) is 18.3. The maximum Gasteiger partial charge on any atom is 0.328 e. The number of unbranched alkanes of at least 4 members (excludes halogenated alkanes) is 1. The Kier molecular flexibility index (Phi) is 23.9. The van der Waals surface area contributed by atoms with Crippen LogP contribution in [0.5, 0.6) is 5.75 Å². The Balaban J connectivity index is 1.62. The summed E-state index contributed by atoms with van der Waals surface area (Å²) in [7, 11) is 0. The number of nitrogens with two attached hydrogens (primary N) is 1. The molecule has 7 amide bonds. The lowest BCUT2D eigenvalue weighted by molar-refractivity contribution is -0.145. The molecule has 1 aromatic heterocycles. The number of phenols is 1. The molecule has 3 aromatic carbocycles. The van der Waals surface area contributed by atoms with Crippen LogP contribution >= 0.6 is 37.9 Å². The van der Waals surface area contributed by atoms with E-state index in [2.05, 4.69) is 80.1 Å². The number of aliphatic carboxylic acids is 1. The molecule has 0 radical (unpaired) electrons. The number of aromatic nitrogens is 1. The Morgan fingerprint density at radius 1 is 0.562 bits per heavy atom. The van der Waals surface area contributed by atoms with Gasteiger partial charge in [0.25, 0.3) is 0 Å². The molecule has 0 saturated carbocycles. The highest BCUT2D eigenvalue weighted by atomic mass is 32.1. The number of aliphatic hydroxyl groups is 2. The van der Waals surface area contributed by atoms with Gasteiger partial charge in [0, 0.05) is 41.4 Å². The van der Waals surface area contributed by atoms with Crippen molar-refractivity contribution >= 4 is 96.1 Å². The van der Waals surface area contributed by atoms with Crippen molar-refractivity contribution in [3.8, 4) is 5.75 Å². The molecule has 1 heterocycles. The highest BCUT2D eigenvalue weighted by molar-refractivity contribution is 7.81. The predicted molar refractivity (Wildman–Crippen MR) is 282 cm³/mol. The van der Waals surface area contributed by atoms with Crippen LogP contribution in [-0.4, -0.2) is 151 Å². The van der Waals surface area contributed by atoms with E-state index in [1.807, 2.05) is 36.4 Å². The molecule has 0 saturated heterocycles. The van der Waals surface area contributed by atoms with Crippen LogP contribution in [0.3, 0.4) is 0 Å². The zero-order chi connectivity index (χ0) is 53.8. The van der Waals surface area contributed by atoms with E-state index in [0.717, 1.165) is 18.0 Å². The lowest BCUT2D eigenvalue weighted by atomic mass is 10.0. The van der Waals surface area contributed by atoms with Crippen LogP contribution in [0.2, 0.25) is 0 Å². The Morgan fingerprint density at radius 3 is 1.62 bits per heavy atom. The van der Waals surface area contributed by atoms with Crippen LogP contribution in [0.25, 0.3) is 10.9 Å². The molecular formula is C49H65N9O12S3. The second kappa shape index (κ2) is 29.4. The molecule has 14 N–H and O–H groups in total. The Hall–Kier alpha value is -6.31. The number of benzene rings is 3. The van der Waals surface area contributed by atoms with Crippen LogP contribution in [0, 0.1) is 0 Å². The number of carboxylic acid groups (broad SMARTS) is 1. The van der Waals surface area contributed by atoms with Crippen LogP contribution < -0.4 is 43.0 Å². The van der Waals surface area contributed by atoms with Crippen molar-refractivity contribution in [2.45, 2.75) is 112 Å². The summed E-state index contributed by atoms with van der Waals surface area (Å²) in [6.45, 7) is 2.55. The molecule has 0 aliphatic carbocycles. The first-order chi connectivity index (χ1) is 34.8. The number of para-hydroxylation sites is 1. The molecule has 24 heteroatoms. The predicted octanol–water partition coefficient (Wildman–Crippen LogP) is -0.572. The third-order valence-electron chi connectivity index (χ3n) is 11.6. The fraction of sp³-hybridized carbons (Fsp3) is 0.429. The van der Waals surface area contributed by atoms with E-state index >= 15 is 0 Å². The van der Waals surface area contributed by atoms with Crippen molar-refractivity contribution in [3.63, 3.8) is 0 Å². The normalized spacial score (nSPS) is 15.3. The van der Waals surface area contributed by atoms with Crippen molar-refractivity contribution in [1.82, 2.24) is 42.2 Å². The maximum absolute atomic E-state index is 14.6. The maximum atomic E-state index is 14.6. The van der Waals surface area contributed by atoms with Gasteiger partial charge < -0.3 is 68.4 Å². The number of hydrogen-bond acceptors (Lipinski definition) is 15. The first-order valence-corrected chi connectivity index (χ1v) is 25.2. The number of nitrogens with one attached hydrogen (secondary N) is 8. The quantitative estimate of drug-likeness (QED) is 0.0240. The van der Waals surface area contributed by atoms with Gasteiger partial charge in [-0.3, -0.25) is 33.6 Å². The number of thiol groups is 3. The summed E-state index contributed by atoms with van der Waals surface area (Å²) in [5.74, 6) is -8.22. The Morgan fingerprint density at radius 2 is 1.04 bits per heavy atom. The zero-order valence-electron chi connectivity index (χ0n) is 40.2. The largest absolute Gasteiger partial charge is 0.508 e. The molecule has 0 unspecified atom stereocenters. The highest BCUT2D eigenvalue weighted by Crippen LogP contribution is 2.20. The number of hydrogen-bond donors (Lipinski definition) is 16. The van der Waals surface area contributed by atoms with Crippen LogP contribution in [0.15, 0.2) is 85.1 Å². The van der Waals surface area contributed by atoms with Crippen LogP contribution in [0.4, 0.5) is 0 Å². The minimum Gasteiger partial charge on any atom is -0.508 e. The van der Waals surface area contributed by atoms with Gasteiger partial charge in [-0.2, -0.15) is 37.9 Å². The minimum absolute atomic E-state index is 0.0386. The number of aromatic amines is 1. The van der Waals surface area contributed by atoms with Crippen molar-refractivity contribution < 1.29 is 58.8 Å². The number of rotatable bonds is 29. The van der Waals surface area contributed by atoms with E-state index in [4.69, 9.17) is 5.73 Å². The van der Waals surface area contributed by atoms with Gasteiger partial charge in [0.15, 0.2) is 6.04 Å². The SMILES string of the molecule is C[C@@H](O)[C@H](NC(=O)[C@H](CS)NC(=O)[C@@H](NC(=O)[C@H](CCCCN)NC(=O)[C@@H](Cc1c[nH]c2ccccc12)NC(=O)[C@H](Cc1ccc(O)cc1)NC(=O)[C@H](CS)NC(=O)[C@H](S)Cc1ccccc1)[C@@H](C)O)C(=O)O. The summed E-state index contributed by atoms with van der Waals surface area (Å²) < 4.78 is 0. The van der Waals surface area contributed by atoms with Gasteiger partial charge in [0.1, 0.15) is 42.0 Å². The molecule has 4 aromatic rings. The number of phenolic OH excluding ortho intramolecular Hbond substituents is 1. The molecule has 0 aliphatic heterocycles. The number of aliphatic hydroxyl groups excluding tert-OH is 2. The van der Waals surface area contributed by atoms with Crippen molar-refractivity contribution in [3.05, 3.63) is 102 Å². The number of aromatic hydroxyl groups is 1. The summed E-state index contributed by atoms with van der Waals surface area (Å²) in [5, 5.41) is 57.5. The van der Waals surface area contributed by atoms with Gasteiger partial charge in [-0.25, -0.2) is 4.79 Å². The molecule has 0 aliphatic rings. The molecule has 0 spiro atoms.